The minimum absolute atomic E-state index is 0.134. The van der Waals surface area contributed by atoms with Crippen LogP contribution in [0.4, 0.5) is 0 Å². The number of likely N-dealkylation sites (N-methyl/N-ethyl adjacent to an activating group) is 1. The quantitative estimate of drug-likeness (QED) is 0.475. The fourth-order valence-corrected chi connectivity index (χ4v) is 3.28. The topological polar surface area (TPSA) is 38.8 Å². The van der Waals surface area contributed by atoms with Crippen LogP contribution in [0.15, 0.2) is 42.5 Å². The number of esters is 1. The van der Waals surface area contributed by atoms with Gasteiger partial charge >= 0.3 is 5.97 Å². The third kappa shape index (κ3) is 3.79. The third-order valence-electron chi connectivity index (χ3n) is 2.94. The molecule has 0 aromatic heterocycles. The zero-order chi connectivity index (χ0) is 14.8. The normalized spacial score (nSPS) is 20.2. The van der Waals surface area contributed by atoms with Crippen LogP contribution in [0.25, 0.3) is 0 Å². The summed E-state index contributed by atoms with van der Waals surface area (Å²) in [6.07, 6.45) is 2.96. The van der Waals surface area contributed by atoms with E-state index in [4.69, 9.17) is 9.26 Å². The minimum atomic E-state index is -1.72. The van der Waals surface area contributed by atoms with Crippen molar-refractivity contribution in [3.63, 3.8) is 0 Å². The van der Waals surface area contributed by atoms with E-state index in [1.165, 1.54) is 6.08 Å². The van der Waals surface area contributed by atoms with Gasteiger partial charge in [-0.1, -0.05) is 30.3 Å². The standard InChI is InChI=1S/C15H21NO3Si/c1-16(19-20(2,3)4)15(12-8-6-5-7-9-12)13-10-11-14(17)18-13/h5-11,13,15H,1-4H3. The molecule has 108 valence electrons. The lowest BCUT2D eigenvalue weighted by Gasteiger charge is -2.35. The summed E-state index contributed by atoms with van der Waals surface area (Å²) in [5, 5.41) is 1.83. The van der Waals surface area contributed by atoms with Crippen LogP contribution in [0.5, 0.6) is 0 Å². The van der Waals surface area contributed by atoms with Gasteiger partial charge in [0.1, 0.15) is 6.10 Å². The second-order valence-electron chi connectivity index (χ2n) is 5.87. The number of rotatable bonds is 5. The van der Waals surface area contributed by atoms with Crippen LogP contribution >= 0.6 is 0 Å². The average Bonchev–Trinajstić information content (AvgIpc) is 2.75. The second-order valence-corrected chi connectivity index (χ2v) is 10.3. The largest absolute Gasteiger partial charge is 0.453 e. The van der Waals surface area contributed by atoms with Gasteiger partial charge in [-0.2, -0.15) is 5.06 Å². The molecule has 1 heterocycles. The van der Waals surface area contributed by atoms with Gasteiger partial charge in [0.25, 0.3) is 0 Å². The van der Waals surface area contributed by atoms with E-state index in [1.807, 2.05) is 42.4 Å². The van der Waals surface area contributed by atoms with Crippen molar-refractivity contribution >= 4 is 14.3 Å². The van der Waals surface area contributed by atoms with Crippen LogP contribution in [-0.2, 0) is 14.1 Å². The predicted octanol–water partition coefficient (Wildman–Crippen LogP) is 2.91. The van der Waals surface area contributed by atoms with Crippen molar-refractivity contribution in [1.29, 1.82) is 0 Å². The van der Waals surface area contributed by atoms with E-state index in [1.54, 1.807) is 6.08 Å². The van der Waals surface area contributed by atoms with Crippen LogP contribution in [-0.4, -0.2) is 32.5 Å². The van der Waals surface area contributed by atoms with Gasteiger partial charge in [-0.15, -0.1) is 0 Å². The van der Waals surface area contributed by atoms with E-state index in [2.05, 4.69) is 19.6 Å². The summed E-state index contributed by atoms with van der Waals surface area (Å²) < 4.78 is 11.4. The molecule has 2 rings (SSSR count). The number of nitrogens with zero attached hydrogens (tertiary/aromatic N) is 1. The predicted molar refractivity (Wildman–Crippen MR) is 80.4 cm³/mol. The molecule has 0 amide bonds. The highest BCUT2D eigenvalue weighted by molar-refractivity contribution is 6.69. The highest BCUT2D eigenvalue weighted by Crippen LogP contribution is 2.30. The molecule has 0 bridgehead atoms. The molecule has 1 aromatic rings. The molecular weight excluding hydrogens is 270 g/mol. The number of hydroxylamine groups is 2. The van der Waals surface area contributed by atoms with E-state index in [-0.39, 0.29) is 18.1 Å². The zero-order valence-corrected chi connectivity index (χ0v) is 13.4. The number of carbonyl (C=O) groups is 1. The van der Waals surface area contributed by atoms with Crippen molar-refractivity contribution in [3.8, 4) is 0 Å². The molecule has 5 heteroatoms. The minimum Gasteiger partial charge on any atom is -0.453 e. The van der Waals surface area contributed by atoms with Crippen LogP contribution in [0.3, 0.4) is 0 Å². The van der Waals surface area contributed by atoms with Crippen molar-refractivity contribution < 1.29 is 14.1 Å². The Kier molecular flexibility index (Phi) is 4.42. The first kappa shape index (κ1) is 15.0. The molecule has 0 fully saturated rings. The highest BCUT2D eigenvalue weighted by Gasteiger charge is 2.33. The van der Waals surface area contributed by atoms with Gasteiger partial charge in [0.2, 0.25) is 8.32 Å². The molecule has 0 N–H and O–H groups in total. The number of ether oxygens (including phenoxy) is 1. The second kappa shape index (κ2) is 5.91. The van der Waals surface area contributed by atoms with E-state index in [0.717, 1.165) is 5.56 Å². The Bertz CT molecular complexity index is 496. The summed E-state index contributed by atoms with van der Waals surface area (Å²) in [5.41, 5.74) is 1.07. The Morgan fingerprint density at radius 1 is 1.25 bits per heavy atom. The van der Waals surface area contributed by atoms with Crippen molar-refractivity contribution in [2.45, 2.75) is 31.8 Å². The number of hydrogen-bond acceptors (Lipinski definition) is 4. The zero-order valence-electron chi connectivity index (χ0n) is 12.4. The molecule has 0 radical (unpaired) electrons. The molecule has 20 heavy (non-hydrogen) atoms. The molecule has 1 aliphatic rings. The number of carbonyl (C=O) groups excluding carboxylic acids is 1. The van der Waals surface area contributed by atoms with Crippen molar-refractivity contribution in [2.24, 2.45) is 0 Å². The average molecular weight is 291 g/mol. The monoisotopic (exact) mass is 291 g/mol. The van der Waals surface area contributed by atoms with Crippen molar-refractivity contribution in [2.75, 3.05) is 7.05 Å². The Morgan fingerprint density at radius 3 is 2.40 bits per heavy atom. The maximum atomic E-state index is 11.3. The molecule has 2 unspecified atom stereocenters. The summed E-state index contributed by atoms with van der Waals surface area (Å²) in [5.74, 6) is -0.294. The number of cyclic esters (lactones) is 1. The summed E-state index contributed by atoms with van der Waals surface area (Å²) in [7, 11) is 0.176. The summed E-state index contributed by atoms with van der Waals surface area (Å²) in [6.45, 7) is 6.38. The fraction of sp³-hybridized carbons (Fsp3) is 0.400. The van der Waals surface area contributed by atoms with Crippen LogP contribution < -0.4 is 0 Å². The summed E-state index contributed by atoms with van der Waals surface area (Å²) in [4.78, 5) is 11.3. The molecule has 0 spiro atoms. The first-order valence-electron chi connectivity index (χ1n) is 6.72. The lowest BCUT2D eigenvalue weighted by Crippen LogP contribution is -2.41. The van der Waals surface area contributed by atoms with E-state index >= 15 is 0 Å². The van der Waals surface area contributed by atoms with Gasteiger partial charge in [0.05, 0.1) is 6.04 Å². The van der Waals surface area contributed by atoms with Crippen LogP contribution in [0.2, 0.25) is 19.6 Å². The molecule has 2 atom stereocenters. The van der Waals surface area contributed by atoms with Gasteiger partial charge in [-0.05, 0) is 31.3 Å². The summed E-state index contributed by atoms with van der Waals surface area (Å²) >= 11 is 0. The molecule has 1 aliphatic heterocycles. The first-order valence-corrected chi connectivity index (χ1v) is 10.1. The molecular formula is C15H21NO3Si. The first-order chi connectivity index (χ1) is 9.37. The highest BCUT2D eigenvalue weighted by atomic mass is 28.4. The third-order valence-corrected chi connectivity index (χ3v) is 3.77. The SMILES string of the molecule is CN(O[Si](C)(C)C)C(c1ccccc1)C1C=CC(=O)O1. The van der Waals surface area contributed by atoms with Gasteiger partial charge in [-0.25, -0.2) is 4.79 Å². The molecule has 0 aliphatic carbocycles. The van der Waals surface area contributed by atoms with Gasteiger partial charge < -0.3 is 9.26 Å². The maximum absolute atomic E-state index is 11.3. The Labute approximate surface area is 121 Å². The van der Waals surface area contributed by atoms with Crippen molar-refractivity contribution in [1.82, 2.24) is 5.06 Å². The smallest absolute Gasteiger partial charge is 0.331 e. The molecule has 0 saturated heterocycles. The Morgan fingerprint density at radius 2 is 1.90 bits per heavy atom. The van der Waals surface area contributed by atoms with Gasteiger partial charge in [0, 0.05) is 13.1 Å². The number of hydrogen-bond donors (Lipinski definition) is 0. The van der Waals surface area contributed by atoms with Crippen molar-refractivity contribution in [3.05, 3.63) is 48.0 Å². The van der Waals surface area contributed by atoms with E-state index < -0.39 is 8.32 Å². The van der Waals surface area contributed by atoms with E-state index in [9.17, 15) is 4.79 Å². The Balaban J connectivity index is 2.25. The lowest BCUT2D eigenvalue weighted by atomic mass is 10.0. The molecule has 0 saturated carbocycles. The van der Waals surface area contributed by atoms with Gasteiger partial charge in [-0.3, -0.25) is 0 Å². The molecule has 4 nitrogen and oxygen atoms in total. The van der Waals surface area contributed by atoms with Gasteiger partial charge in [0.15, 0.2) is 0 Å². The number of benzene rings is 1. The fourth-order valence-electron chi connectivity index (χ4n) is 2.30. The summed E-state index contributed by atoms with van der Waals surface area (Å²) in [6, 6.07) is 9.83. The lowest BCUT2D eigenvalue weighted by molar-refractivity contribution is -0.151. The van der Waals surface area contributed by atoms with E-state index in [0.29, 0.717) is 0 Å². The Hall–Kier alpha value is -1.43. The van der Waals surface area contributed by atoms with Crippen LogP contribution in [0, 0.1) is 0 Å². The van der Waals surface area contributed by atoms with Crippen LogP contribution in [0.1, 0.15) is 11.6 Å². The molecule has 1 aromatic carbocycles. The maximum Gasteiger partial charge on any atom is 0.331 e.